The number of rotatable bonds is 3. The minimum Gasteiger partial charge on any atom is -0.478 e. The number of carbonyl (C=O) groups is 1. The Bertz CT molecular complexity index is 830. The molecule has 0 aliphatic rings. The van der Waals surface area contributed by atoms with Crippen LogP contribution >= 0.6 is 0 Å². The fourth-order valence-corrected chi connectivity index (χ4v) is 2.34. The van der Waals surface area contributed by atoms with Gasteiger partial charge in [0.05, 0.1) is 0 Å². The molecule has 4 heteroatoms. The van der Waals surface area contributed by atoms with Gasteiger partial charge in [0.2, 0.25) is 0 Å². The van der Waals surface area contributed by atoms with E-state index in [2.05, 4.69) is 0 Å². The van der Waals surface area contributed by atoms with Gasteiger partial charge in [0, 0.05) is 5.39 Å². The van der Waals surface area contributed by atoms with Crippen LogP contribution in [0, 0.1) is 13.8 Å². The maximum absolute atomic E-state index is 11.3. The number of hydrogen-bond acceptors (Lipinski definition) is 3. The minimum atomic E-state index is -1.00. The van der Waals surface area contributed by atoms with E-state index in [0.717, 1.165) is 5.56 Å². The van der Waals surface area contributed by atoms with E-state index in [4.69, 9.17) is 9.15 Å². The number of aryl methyl sites for hydroxylation is 2. The average molecular weight is 282 g/mol. The normalized spacial score (nSPS) is 10.8. The molecular formula is C17H14O4. The van der Waals surface area contributed by atoms with Gasteiger partial charge in [-0.25, -0.2) is 4.79 Å². The molecule has 106 valence electrons. The van der Waals surface area contributed by atoms with Crippen molar-refractivity contribution >= 4 is 16.9 Å². The Labute approximate surface area is 121 Å². The standard InChI is InChI=1S/C17H14O4/c1-10-4-3-5-12(8-10)21-13-6-7-15-14(9-13)16(17(18)19)11(2)20-15/h3-9H,1-2H3,(H,18,19). The van der Waals surface area contributed by atoms with Gasteiger partial charge in [0.15, 0.2) is 0 Å². The molecule has 21 heavy (non-hydrogen) atoms. The highest BCUT2D eigenvalue weighted by molar-refractivity contribution is 6.03. The lowest BCUT2D eigenvalue weighted by molar-refractivity contribution is 0.0697. The van der Waals surface area contributed by atoms with E-state index in [9.17, 15) is 9.90 Å². The molecule has 0 aliphatic carbocycles. The summed E-state index contributed by atoms with van der Waals surface area (Å²) >= 11 is 0. The fraction of sp³-hybridized carbons (Fsp3) is 0.118. The van der Waals surface area contributed by atoms with Crippen molar-refractivity contribution in [2.75, 3.05) is 0 Å². The Morgan fingerprint density at radius 2 is 1.86 bits per heavy atom. The van der Waals surface area contributed by atoms with Crippen LogP contribution in [0.2, 0.25) is 0 Å². The van der Waals surface area contributed by atoms with Crippen LogP contribution in [0.4, 0.5) is 0 Å². The zero-order valence-electron chi connectivity index (χ0n) is 11.7. The number of fused-ring (bicyclic) bond motifs is 1. The van der Waals surface area contributed by atoms with Gasteiger partial charge in [-0.2, -0.15) is 0 Å². The molecule has 4 nitrogen and oxygen atoms in total. The van der Waals surface area contributed by atoms with E-state index in [1.165, 1.54) is 0 Å². The first-order chi connectivity index (χ1) is 10.0. The minimum absolute atomic E-state index is 0.180. The van der Waals surface area contributed by atoms with E-state index < -0.39 is 5.97 Å². The third kappa shape index (κ3) is 2.48. The number of ether oxygens (including phenoxy) is 1. The van der Waals surface area contributed by atoms with Crippen molar-refractivity contribution in [2.45, 2.75) is 13.8 Å². The summed E-state index contributed by atoms with van der Waals surface area (Å²) in [6.07, 6.45) is 0. The molecule has 0 atom stereocenters. The number of furan rings is 1. The summed E-state index contributed by atoms with van der Waals surface area (Å²) in [5, 5.41) is 9.82. The van der Waals surface area contributed by atoms with Crippen molar-refractivity contribution in [1.29, 1.82) is 0 Å². The second kappa shape index (κ2) is 4.98. The summed E-state index contributed by atoms with van der Waals surface area (Å²) in [5.74, 6) is 0.687. The Hall–Kier alpha value is -2.75. The molecule has 0 aliphatic heterocycles. The van der Waals surface area contributed by atoms with Gasteiger partial charge in [-0.1, -0.05) is 12.1 Å². The highest BCUT2D eigenvalue weighted by Crippen LogP contribution is 2.31. The Morgan fingerprint density at radius 3 is 2.57 bits per heavy atom. The zero-order chi connectivity index (χ0) is 15.0. The van der Waals surface area contributed by atoms with Gasteiger partial charge < -0.3 is 14.3 Å². The maximum Gasteiger partial charge on any atom is 0.339 e. The second-order valence-electron chi connectivity index (χ2n) is 4.91. The van der Waals surface area contributed by atoms with Gasteiger partial charge in [-0.3, -0.25) is 0 Å². The van der Waals surface area contributed by atoms with Gasteiger partial charge in [0.1, 0.15) is 28.4 Å². The van der Waals surface area contributed by atoms with E-state index in [-0.39, 0.29) is 5.56 Å². The molecule has 1 N–H and O–H groups in total. The van der Waals surface area contributed by atoms with Crippen molar-refractivity contribution in [3.63, 3.8) is 0 Å². The molecule has 0 bridgehead atoms. The molecule has 0 amide bonds. The molecule has 0 saturated carbocycles. The largest absolute Gasteiger partial charge is 0.478 e. The first kappa shape index (κ1) is 13.2. The fourth-order valence-electron chi connectivity index (χ4n) is 2.34. The number of aromatic carboxylic acids is 1. The third-order valence-corrected chi connectivity index (χ3v) is 3.27. The molecule has 2 aromatic carbocycles. The van der Waals surface area contributed by atoms with Crippen LogP contribution in [0.1, 0.15) is 21.7 Å². The van der Waals surface area contributed by atoms with E-state index >= 15 is 0 Å². The number of carboxylic acid groups (broad SMARTS) is 1. The van der Waals surface area contributed by atoms with Gasteiger partial charge in [-0.15, -0.1) is 0 Å². The molecule has 0 radical (unpaired) electrons. The molecule has 3 rings (SSSR count). The van der Waals surface area contributed by atoms with Crippen LogP contribution in [-0.4, -0.2) is 11.1 Å². The number of benzene rings is 2. The van der Waals surface area contributed by atoms with Gasteiger partial charge >= 0.3 is 5.97 Å². The molecule has 3 aromatic rings. The summed E-state index contributed by atoms with van der Waals surface area (Å²) in [6, 6.07) is 12.8. The summed E-state index contributed by atoms with van der Waals surface area (Å²) in [4.78, 5) is 11.3. The van der Waals surface area contributed by atoms with Gasteiger partial charge in [0.25, 0.3) is 0 Å². The number of hydrogen-bond donors (Lipinski definition) is 1. The Morgan fingerprint density at radius 1 is 1.10 bits per heavy atom. The first-order valence-corrected chi connectivity index (χ1v) is 6.55. The van der Waals surface area contributed by atoms with Crippen LogP contribution in [0.3, 0.4) is 0 Å². The molecule has 1 aromatic heterocycles. The topological polar surface area (TPSA) is 59.7 Å². The average Bonchev–Trinajstić information content (AvgIpc) is 2.74. The smallest absolute Gasteiger partial charge is 0.339 e. The van der Waals surface area contributed by atoms with Crippen LogP contribution in [-0.2, 0) is 0 Å². The van der Waals surface area contributed by atoms with Crippen molar-refractivity contribution in [3.05, 3.63) is 59.4 Å². The summed E-state index contributed by atoms with van der Waals surface area (Å²) < 4.78 is 11.2. The van der Waals surface area contributed by atoms with Crippen molar-refractivity contribution < 1.29 is 19.1 Å². The molecule has 0 fully saturated rings. The molecule has 0 saturated heterocycles. The molecule has 1 heterocycles. The molecule has 0 spiro atoms. The maximum atomic E-state index is 11.3. The van der Waals surface area contributed by atoms with Crippen LogP contribution in [0.15, 0.2) is 46.9 Å². The van der Waals surface area contributed by atoms with Crippen LogP contribution in [0.5, 0.6) is 11.5 Å². The lowest BCUT2D eigenvalue weighted by Crippen LogP contribution is -1.96. The summed E-state index contributed by atoms with van der Waals surface area (Å²) in [7, 11) is 0. The zero-order valence-corrected chi connectivity index (χ0v) is 11.7. The second-order valence-corrected chi connectivity index (χ2v) is 4.91. The predicted molar refractivity (Wildman–Crippen MR) is 79.2 cm³/mol. The predicted octanol–water partition coefficient (Wildman–Crippen LogP) is 4.54. The third-order valence-electron chi connectivity index (χ3n) is 3.27. The van der Waals surface area contributed by atoms with Crippen molar-refractivity contribution in [2.24, 2.45) is 0 Å². The van der Waals surface area contributed by atoms with Gasteiger partial charge in [-0.05, 0) is 49.7 Å². The van der Waals surface area contributed by atoms with E-state index in [0.29, 0.717) is 28.2 Å². The summed E-state index contributed by atoms with van der Waals surface area (Å²) in [5.41, 5.74) is 1.82. The van der Waals surface area contributed by atoms with Crippen LogP contribution < -0.4 is 4.74 Å². The molecular weight excluding hydrogens is 268 g/mol. The SMILES string of the molecule is Cc1cccc(Oc2ccc3oc(C)c(C(=O)O)c3c2)c1. The van der Waals surface area contributed by atoms with E-state index in [1.54, 1.807) is 25.1 Å². The van der Waals surface area contributed by atoms with Crippen molar-refractivity contribution in [3.8, 4) is 11.5 Å². The van der Waals surface area contributed by atoms with E-state index in [1.807, 2.05) is 31.2 Å². The van der Waals surface area contributed by atoms with Crippen molar-refractivity contribution in [1.82, 2.24) is 0 Å². The van der Waals surface area contributed by atoms with Crippen LogP contribution in [0.25, 0.3) is 11.0 Å². The Balaban J connectivity index is 2.04. The first-order valence-electron chi connectivity index (χ1n) is 6.55. The number of carboxylic acids is 1. The highest BCUT2D eigenvalue weighted by atomic mass is 16.5. The lowest BCUT2D eigenvalue weighted by atomic mass is 10.1. The molecule has 0 unspecified atom stereocenters. The monoisotopic (exact) mass is 282 g/mol. The highest BCUT2D eigenvalue weighted by Gasteiger charge is 2.17. The quantitative estimate of drug-likeness (QED) is 0.766. The summed E-state index contributed by atoms with van der Waals surface area (Å²) in [6.45, 7) is 3.63. The Kier molecular flexibility index (Phi) is 3.14. The lowest BCUT2D eigenvalue weighted by Gasteiger charge is -2.06.